The van der Waals surface area contributed by atoms with Crippen molar-refractivity contribution in [3.63, 3.8) is 0 Å². The van der Waals surface area contributed by atoms with E-state index >= 15 is 0 Å². The molecule has 0 N–H and O–H groups in total. The van der Waals surface area contributed by atoms with Crippen molar-refractivity contribution < 1.29 is 28.6 Å². The SMILES string of the molecule is CC/C=C\C/C=C\C/C=C\C/C=C\CCCCC(=O)OCC(COC(=O)CCCCCCCCCCCCCC)OC(=O)CCCCCCC/C=C\C/C=C\CCCC. The first-order valence-electron chi connectivity index (χ1n) is 24.4. The molecule has 0 rings (SSSR count). The number of hydrogen-bond donors (Lipinski definition) is 0. The zero-order valence-corrected chi connectivity index (χ0v) is 38.5. The number of carbonyl (C=O) groups is 3. The lowest BCUT2D eigenvalue weighted by Gasteiger charge is -2.18. The third-order valence-electron chi connectivity index (χ3n) is 10.2. The zero-order chi connectivity index (χ0) is 43.0. The van der Waals surface area contributed by atoms with Crippen molar-refractivity contribution in [1.29, 1.82) is 0 Å². The Kier molecular flexibility index (Phi) is 45.0. The van der Waals surface area contributed by atoms with Gasteiger partial charge in [0.1, 0.15) is 13.2 Å². The van der Waals surface area contributed by atoms with Crippen LogP contribution in [0, 0.1) is 0 Å². The molecule has 0 heterocycles. The number of carbonyl (C=O) groups excluding carboxylic acids is 3. The highest BCUT2D eigenvalue weighted by molar-refractivity contribution is 5.71. The molecule has 6 nitrogen and oxygen atoms in total. The molecule has 1 atom stereocenters. The van der Waals surface area contributed by atoms with E-state index < -0.39 is 6.10 Å². The number of hydrogen-bond acceptors (Lipinski definition) is 6. The third-order valence-corrected chi connectivity index (χ3v) is 10.2. The summed E-state index contributed by atoms with van der Waals surface area (Å²) in [6.45, 7) is 6.42. The summed E-state index contributed by atoms with van der Waals surface area (Å²) in [5, 5.41) is 0. The van der Waals surface area contributed by atoms with E-state index in [1.165, 1.54) is 77.0 Å². The van der Waals surface area contributed by atoms with Crippen LogP contribution < -0.4 is 0 Å². The minimum Gasteiger partial charge on any atom is -0.462 e. The molecule has 0 aliphatic heterocycles. The van der Waals surface area contributed by atoms with Gasteiger partial charge in [-0.1, -0.05) is 196 Å². The van der Waals surface area contributed by atoms with Gasteiger partial charge in [0.25, 0.3) is 0 Å². The first-order chi connectivity index (χ1) is 29.0. The van der Waals surface area contributed by atoms with Crippen LogP contribution in [0.4, 0.5) is 0 Å². The second-order valence-corrected chi connectivity index (χ2v) is 16.0. The predicted molar refractivity (Wildman–Crippen MR) is 251 cm³/mol. The van der Waals surface area contributed by atoms with Crippen molar-refractivity contribution in [2.24, 2.45) is 0 Å². The molecule has 0 fully saturated rings. The van der Waals surface area contributed by atoms with E-state index in [0.29, 0.717) is 19.3 Å². The van der Waals surface area contributed by atoms with Crippen LogP contribution in [0.3, 0.4) is 0 Å². The second-order valence-electron chi connectivity index (χ2n) is 16.0. The Morgan fingerprint density at radius 2 is 0.678 bits per heavy atom. The van der Waals surface area contributed by atoms with Gasteiger partial charge in [-0.3, -0.25) is 14.4 Å². The summed E-state index contributed by atoms with van der Waals surface area (Å²) in [4.78, 5) is 37.9. The van der Waals surface area contributed by atoms with E-state index in [2.05, 4.69) is 93.7 Å². The summed E-state index contributed by atoms with van der Waals surface area (Å²) in [7, 11) is 0. The Balaban J connectivity index is 4.47. The molecule has 0 spiro atoms. The molecule has 0 aromatic rings. The van der Waals surface area contributed by atoms with Crippen LogP contribution in [-0.2, 0) is 28.6 Å². The van der Waals surface area contributed by atoms with E-state index in [1.54, 1.807) is 0 Å². The molecule has 338 valence electrons. The molecular formula is C53H90O6. The van der Waals surface area contributed by atoms with Gasteiger partial charge in [0.2, 0.25) is 0 Å². The van der Waals surface area contributed by atoms with Gasteiger partial charge in [-0.05, 0) is 83.5 Å². The molecule has 0 amide bonds. The maximum atomic E-state index is 12.8. The van der Waals surface area contributed by atoms with Crippen molar-refractivity contribution in [1.82, 2.24) is 0 Å². The van der Waals surface area contributed by atoms with Crippen LogP contribution in [0.2, 0.25) is 0 Å². The van der Waals surface area contributed by atoms with Crippen molar-refractivity contribution in [2.45, 2.75) is 232 Å². The molecule has 0 radical (unpaired) electrons. The highest BCUT2D eigenvalue weighted by Gasteiger charge is 2.19. The fourth-order valence-electron chi connectivity index (χ4n) is 6.51. The molecular weight excluding hydrogens is 733 g/mol. The van der Waals surface area contributed by atoms with Crippen LogP contribution in [0.1, 0.15) is 226 Å². The smallest absolute Gasteiger partial charge is 0.306 e. The lowest BCUT2D eigenvalue weighted by Crippen LogP contribution is -2.30. The summed E-state index contributed by atoms with van der Waals surface area (Å²) in [6.07, 6.45) is 58.8. The Labute approximate surface area is 363 Å². The molecule has 0 aliphatic rings. The number of esters is 3. The first-order valence-corrected chi connectivity index (χ1v) is 24.4. The standard InChI is InChI=1S/C53H90O6/c1-4-7-10-13-16-19-22-25-27-29-31-34-37-40-43-46-52(55)58-49-50(48-57-51(54)45-42-39-36-33-30-24-21-18-15-12-9-6-3)59-53(56)47-44-41-38-35-32-28-26-23-20-17-14-11-8-5-2/h7,10,14,16-17,19,23,25-27,31,34,50H,4-6,8-9,11-13,15,18,20-22,24,28-30,32-33,35-49H2,1-3H3/b10-7-,17-14-,19-16-,26-23-,27-25-,34-31-. The fraction of sp³-hybridized carbons (Fsp3) is 0.717. The van der Waals surface area contributed by atoms with Crippen LogP contribution in [0.15, 0.2) is 72.9 Å². The van der Waals surface area contributed by atoms with Crippen molar-refractivity contribution in [3.05, 3.63) is 72.9 Å². The van der Waals surface area contributed by atoms with Gasteiger partial charge in [0.05, 0.1) is 0 Å². The molecule has 59 heavy (non-hydrogen) atoms. The zero-order valence-electron chi connectivity index (χ0n) is 38.5. The summed E-state index contributed by atoms with van der Waals surface area (Å²) >= 11 is 0. The summed E-state index contributed by atoms with van der Waals surface area (Å²) in [5.41, 5.74) is 0. The number of allylic oxidation sites excluding steroid dienone is 12. The second kappa shape index (κ2) is 47.5. The summed E-state index contributed by atoms with van der Waals surface area (Å²) < 4.78 is 16.7. The van der Waals surface area contributed by atoms with Crippen LogP contribution in [0.5, 0.6) is 0 Å². The van der Waals surface area contributed by atoms with Gasteiger partial charge in [-0.25, -0.2) is 0 Å². The molecule has 0 saturated carbocycles. The maximum absolute atomic E-state index is 12.8. The largest absolute Gasteiger partial charge is 0.462 e. The van der Waals surface area contributed by atoms with Crippen LogP contribution in [-0.4, -0.2) is 37.2 Å². The minimum atomic E-state index is -0.796. The average molecular weight is 823 g/mol. The Morgan fingerprint density at radius 1 is 0.356 bits per heavy atom. The molecule has 0 bridgehead atoms. The quantitative estimate of drug-likeness (QED) is 0.0264. The highest BCUT2D eigenvalue weighted by atomic mass is 16.6. The molecule has 0 aromatic carbocycles. The van der Waals surface area contributed by atoms with Gasteiger partial charge in [0.15, 0.2) is 6.10 Å². The lowest BCUT2D eigenvalue weighted by molar-refractivity contribution is -0.167. The number of ether oxygens (including phenoxy) is 3. The summed E-state index contributed by atoms with van der Waals surface area (Å²) in [5.74, 6) is -0.952. The van der Waals surface area contributed by atoms with E-state index in [4.69, 9.17) is 14.2 Å². The van der Waals surface area contributed by atoms with Gasteiger partial charge >= 0.3 is 17.9 Å². The number of unbranched alkanes of at least 4 members (excludes halogenated alkanes) is 20. The van der Waals surface area contributed by atoms with E-state index in [1.807, 2.05) is 0 Å². The lowest BCUT2D eigenvalue weighted by atomic mass is 10.0. The fourth-order valence-corrected chi connectivity index (χ4v) is 6.51. The predicted octanol–water partition coefficient (Wildman–Crippen LogP) is 15.9. The molecule has 0 aliphatic carbocycles. The normalized spacial score (nSPS) is 12.7. The van der Waals surface area contributed by atoms with E-state index in [9.17, 15) is 14.4 Å². The third kappa shape index (κ3) is 45.8. The Bertz CT molecular complexity index is 1130. The first kappa shape index (κ1) is 55.9. The van der Waals surface area contributed by atoms with Crippen molar-refractivity contribution in [3.8, 4) is 0 Å². The minimum absolute atomic E-state index is 0.0933. The van der Waals surface area contributed by atoms with Crippen LogP contribution >= 0.6 is 0 Å². The maximum Gasteiger partial charge on any atom is 0.306 e. The van der Waals surface area contributed by atoms with Crippen LogP contribution in [0.25, 0.3) is 0 Å². The highest BCUT2D eigenvalue weighted by Crippen LogP contribution is 2.14. The monoisotopic (exact) mass is 823 g/mol. The van der Waals surface area contributed by atoms with Gasteiger partial charge in [0, 0.05) is 19.3 Å². The van der Waals surface area contributed by atoms with E-state index in [-0.39, 0.29) is 31.1 Å². The summed E-state index contributed by atoms with van der Waals surface area (Å²) in [6, 6.07) is 0. The topological polar surface area (TPSA) is 78.9 Å². The van der Waals surface area contributed by atoms with Gasteiger partial charge in [-0.2, -0.15) is 0 Å². The Morgan fingerprint density at radius 3 is 1.12 bits per heavy atom. The average Bonchev–Trinajstić information content (AvgIpc) is 3.23. The van der Waals surface area contributed by atoms with Crippen molar-refractivity contribution >= 4 is 17.9 Å². The Hall–Kier alpha value is -3.15. The van der Waals surface area contributed by atoms with Gasteiger partial charge < -0.3 is 14.2 Å². The number of rotatable bonds is 43. The molecule has 0 saturated heterocycles. The molecule has 1 unspecified atom stereocenters. The molecule has 6 heteroatoms. The molecule has 0 aromatic heterocycles. The van der Waals surface area contributed by atoms with Crippen molar-refractivity contribution in [2.75, 3.05) is 13.2 Å². The van der Waals surface area contributed by atoms with E-state index in [0.717, 1.165) is 109 Å². The van der Waals surface area contributed by atoms with Gasteiger partial charge in [-0.15, -0.1) is 0 Å².